The van der Waals surface area contributed by atoms with Crippen LogP contribution in [0.1, 0.15) is 12.0 Å². The van der Waals surface area contributed by atoms with E-state index >= 15 is 0 Å². The zero-order chi connectivity index (χ0) is 16.8. The highest BCUT2D eigenvalue weighted by atomic mass is 19.2. The van der Waals surface area contributed by atoms with Crippen LogP contribution in [0.15, 0.2) is 48.5 Å². The van der Waals surface area contributed by atoms with Gasteiger partial charge in [-0.1, -0.05) is 30.3 Å². The van der Waals surface area contributed by atoms with E-state index in [2.05, 4.69) is 5.32 Å². The van der Waals surface area contributed by atoms with E-state index in [4.69, 9.17) is 0 Å². The van der Waals surface area contributed by atoms with E-state index in [1.165, 1.54) is 11.0 Å². The molecule has 0 aliphatic heterocycles. The van der Waals surface area contributed by atoms with Gasteiger partial charge in [0.15, 0.2) is 11.6 Å². The monoisotopic (exact) mass is 318 g/mol. The molecular formula is C17H16F2N2O2. The molecule has 2 aromatic rings. The fourth-order valence-corrected chi connectivity index (χ4v) is 2.00. The van der Waals surface area contributed by atoms with Crippen LogP contribution >= 0.6 is 0 Å². The van der Waals surface area contributed by atoms with Gasteiger partial charge in [0.25, 0.3) is 0 Å². The lowest BCUT2D eigenvalue weighted by molar-refractivity contribution is -0.133. The van der Waals surface area contributed by atoms with Gasteiger partial charge >= 0.3 is 0 Å². The van der Waals surface area contributed by atoms with Crippen LogP contribution in [0.5, 0.6) is 0 Å². The molecule has 4 nitrogen and oxygen atoms in total. The average molecular weight is 318 g/mol. The van der Waals surface area contributed by atoms with Crippen molar-refractivity contribution in [2.24, 2.45) is 0 Å². The third-order valence-electron chi connectivity index (χ3n) is 3.20. The van der Waals surface area contributed by atoms with Crippen molar-refractivity contribution in [1.82, 2.24) is 4.90 Å². The molecule has 0 aromatic heterocycles. The summed E-state index contributed by atoms with van der Waals surface area (Å²) >= 11 is 0. The van der Waals surface area contributed by atoms with Crippen molar-refractivity contribution < 1.29 is 18.4 Å². The molecule has 0 bridgehead atoms. The fourth-order valence-electron chi connectivity index (χ4n) is 2.00. The maximum Gasteiger partial charge on any atom is 0.233 e. The van der Waals surface area contributed by atoms with Crippen LogP contribution in [0, 0.1) is 11.6 Å². The van der Waals surface area contributed by atoms with Crippen LogP contribution in [0.3, 0.4) is 0 Å². The van der Waals surface area contributed by atoms with E-state index in [1.807, 2.05) is 30.3 Å². The highest BCUT2D eigenvalue weighted by Crippen LogP contribution is 2.13. The zero-order valence-corrected chi connectivity index (χ0v) is 12.6. The molecule has 0 aliphatic rings. The average Bonchev–Trinajstić information content (AvgIpc) is 2.51. The van der Waals surface area contributed by atoms with Crippen LogP contribution in [0.4, 0.5) is 14.5 Å². The Kier molecular flexibility index (Phi) is 5.41. The molecule has 6 heteroatoms. The van der Waals surface area contributed by atoms with Crippen LogP contribution < -0.4 is 5.32 Å². The van der Waals surface area contributed by atoms with Gasteiger partial charge in [-0.25, -0.2) is 8.78 Å². The predicted molar refractivity (Wildman–Crippen MR) is 82.5 cm³/mol. The molecule has 0 saturated carbocycles. The Balaban J connectivity index is 1.88. The third kappa shape index (κ3) is 4.88. The molecule has 0 radical (unpaired) electrons. The minimum absolute atomic E-state index is 0.104. The molecule has 23 heavy (non-hydrogen) atoms. The normalized spacial score (nSPS) is 10.2. The van der Waals surface area contributed by atoms with E-state index in [0.717, 1.165) is 17.7 Å². The van der Waals surface area contributed by atoms with Crippen LogP contribution in [-0.2, 0) is 16.1 Å². The van der Waals surface area contributed by atoms with Crippen molar-refractivity contribution in [1.29, 1.82) is 0 Å². The van der Waals surface area contributed by atoms with E-state index in [9.17, 15) is 18.4 Å². The summed E-state index contributed by atoms with van der Waals surface area (Å²) in [5, 5.41) is 2.37. The number of carbonyl (C=O) groups excluding carboxylic acids is 2. The van der Waals surface area contributed by atoms with Crippen molar-refractivity contribution in [3.8, 4) is 0 Å². The highest BCUT2D eigenvalue weighted by molar-refractivity contribution is 6.03. The van der Waals surface area contributed by atoms with E-state index in [0.29, 0.717) is 6.54 Å². The van der Waals surface area contributed by atoms with E-state index in [1.54, 1.807) is 7.05 Å². The Morgan fingerprint density at radius 1 is 1.04 bits per heavy atom. The second-order valence-electron chi connectivity index (χ2n) is 5.09. The molecule has 2 amide bonds. The van der Waals surface area contributed by atoms with Gasteiger partial charge in [0, 0.05) is 25.3 Å². The summed E-state index contributed by atoms with van der Waals surface area (Å²) < 4.78 is 25.9. The molecule has 0 fully saturated rings. The fraction of sp³-hybridized carbons (Fsp3) is 0.176. The SMILES string of the molecule is CN(Cc1ccccc1)C(=O)CC(=O)Nc1ccc(F)c(F)c1. The molecular weight excluding hydrogens is 302 g/mol. The minimum Gasteiger partial charge on any atom is -0.341 e. The van der Waals surface area contributed by atoms with Gasteiger partial charge in [-0.05, 0) is 17.7 Å². The molecule has 0 heterocycles. The first kappa shape index (κ1) is 16.6. The van der Waals surface area contributed by atoms with Gasteiger partial charge in [0.1, 0.15) is 6.42 Å². The standard InChI is InChI=1S/C17H16F2N2O2/c1-21(11-12-5-3-2-4-6-12)17(23)10-16(22)20-13-7-8-14(18)15(19)9-13/h2-9H,10-11H2,1H3,(H,20,22). The van der Waals surface area contributed by atoms with Crippen LogP contribution in [-0.4, -0.2) is 23.8 Å². The van der Waals surface area contributed by atoms with Gasteiger partial charge in [-0.3, -0.25) is 9.59 Å². The molecule has 2 rings (SSSR count). The molecule has 0 spiro atoms. The lowest BCUT2D eigenvalue weighted by atomic mass is 10.2. The van der Waals surface area contributed by atoms with Crippen LogP contribution in [0.2, 0.25) is 0 Å². The zero-order valence-electron chi connectivity index (χ0n) is 12.6. The lowest BCUT2D eigenvalue weighted by Crippen LogP contribution is -2.30. The maximum absolute atomic E-state index is 13.1. The number of nitrogens with one attached hydrogen (secondary N) is 1. The topological polar surface area (TPSA) is 49.4 Å². The number of nitrogens with zero attached hydrogens (tertiary/aromatic N) is 1. The highest BCUT2D eigenvalue weighted by Gasteiger charge is 2.15. The summed E-state index contributed by atoms with van der Waals surface area (Å²) in [4.78, 5) is 25.2. The largest absolute Gasteiger partial charge is 0.341 e. The van der Waals surface area contributed by atoms with Gasteiger partial charge in [-0.15, -0.1) is 0 Å². The molecule has 0 unspecified atom stereocenters. The molecule has 0 aliphatic carbocycles. The number of anilines is 1. The third-order valence-corrected chi connectivity index (χ3v) is 3.20. The first-order valence-corrected chi connectivity index (χ1v) is 6.98. The number of rotatable bonds is 5. The quantitative estimate of drug-likeness (QED) is 0.862. The minimum atomic E-state index is -1.06. The number of amides is 2. The van der Waals surface area contributed by atoms with Gasteiger partial charge in [-0.2, -0.15) is 0 Å². The van der Waals surface area contributed by atoms with Gasteiger partial charge < -0.3 is 10.2 Å². The lowest BCUT2D eigenvalue weighted by Gasteiger charge is -2.17. The smallest absolute Gasteiger partial charge is 0.233 e. The second-order valence-corrected chi connectivity index (χ2v) is 5.09. The second kappa shape index (κ2) is 7.49. The number of carbonyl (C=O) groups is 2. The maximum atomic E-state index is 13.1. The molecule has 0 atom stereocenters. The summed E-state index contributed by atoms with van der Waals surface area (Å²) in [7, 11) is 1.60. The Morgan fingerprint density at radius 2 is 1.74 bits per heavy atom. The molecule has 0 saturated heterocycles. The first-order valence-electron chi connectivity index (χ1n) is 6.98. The van der Waals surface area contributed by atoms with Gasteiger partial charge in [0.05, 0.1) is 0 Å². The van der Waals surface area contributed by atoms with Crippen molar-refractivity contribution in [3.63, 3.8) is 0 Å². The molecule has 120 valence electrons. The first-order chi connectivity index (χ1) is 11.0. The van der Waals surface area contributed by atoms with E-state index in [-0.39, 0.29) is 18.0 Å². The summed E-state index contributed by atoms with van der Waals surface area (Å²) in [6.07, 6.45) is -0.373. The number of hydrogen-bond donors (Lipinski definition) is 1. The van der Waals surface area contributed by atoms with Crippen molar-refractivity contribution >= 4 is 17.5 Å². The summed E-state index contributed by atoms with van der Waals surface area (Å²) in [5.41, 5.74) is 1.05. The Morgan fingerprint density at radius 3 is 2.39 bits per heavy atom. The summed E-state index contributed by atoms with van der Waals surface area (Å²) in [6, 6.07) is 12.4. The Hall–Kier alpha value is -2.76. The summed E-state index contributed by atoms with van der Waals surface area (Å²) in [5.74, 6) is -3.01. The molecule has 1 N–H and O–H groups in total. The van der Waals surface area contributed by atoms with Crippen molar-refractivity contribution in [2.45, 2.75) is 13.0 Å². The number of benzene rings is 2. The summed E-state index contributed by atoms with van der Waals surface area (Å²) in [6.45, 7) is 0.387. The molecule has 2 aromatic carbocycles. The van der Waals surface area contributed by atoms with Crippen LogP contribution in [0.25, 0.3) is 0 Å². The predicted octanol–water partition coefficient (Wildman–Crippen LogP) is 2.95. The van der Waals surface area contributed by atoms with Gasteiger partial charge in [0.2, 0.25) is 11.8 Å². The van der Waals surface area contributed by atoms with Crippen molar-refractivity contribution in [2.75, 3.05) is 12.4 Å². The number of halogens is 2. The number of hydrogen-bond acceptors (Lipinski definition) is 2. The Bertz CT molecular complexity index is 705. The van der Waals surface area contributed by atoms with Crippen molar-refractivity contribution in [3.05, 3.63) is 65.7 Å². The van der Waals surface area contributed by atoms with E-state index < -0.39 is 17.5 Å². The Labute approximate surface area is 132 Å².